The van der Waals surface area contributed by atoms with Crippen molar-refractivity contribution in [1.82, 2.24) is 9.97 Å². The molecule has 0 N–H and O–H groups in total. The van der Waals surface area contributed by atoms with E-state index >= 15 is 0 Å². The Hall–Kier alpha value is -0.870. The number of esters is 1. The Morgan fingerprint density at radius 2 is 1.93 bits per heavy atom. The summed E-state index contributed by atoms with van der Waals surface area (Å²) in [5, 5.41) is 0.421. The van der Waals surface area contributed by atoms with Gasteiger partial charge in [0.25, 0.3) is 0 Å². The second-order valence-electron chi connectivity index (χ2n) is 3.15. The van der Waals surface area contributed by atoms with Gasteiger partial charge in [-0.05, 0) is 13.8 Å². The smallest absolute Gasteiger partial charge is 0.313 e. The van der Waals surface area contributed by atoms with Gasteiger partial charge in [-0.15, -0.1) is 0 Å². The Morgan fingerprint density at radius 1 is 1.40 bits per heavy atom. The zero-order chi connectivity index (χ0) is 11.4. The van der Waals surface area contributed by atoms with Crippen LogP contribution in [0.25, 0.3) is 0 Å². The molecule has 1 aromatic heterocycles. The molecular weight excluding hydrogens is 239 g/mol. The third kappa shape index (κ3) is 4.44. The van der Waals surface area contributed by atoms with Crippen molar-refractivity contribution in [2.75, 3.05) is 0 Å². The Bertz CT molecular complexity index is 349. The second kappa shape index (κ2) is 5.28. The van der Waals surface area contributed by atoms with Crippen LogP contribution in [0, 0.1) is 0 Å². The monoisotopic (exact) mass is 248 g/mol. The van der Waals surface area contributed by atoms with E-state index in [1.165, 1.54) is 6.07 Å². The first kappa shape index (κ1) is 12.2. The molecule has 0 fully saturated rings. The highest BCUT2D eigenvalue weighted by Gasteiger charge is 2.10. The SMILES string of the molecule is CC(C)OC(=O)Cc1nc(Cl)cc(Cl)n1. The lowest BCUT2D eigenvalue weighted by Crippen LogP contribution is -2.15. The van der Waals surface area contributed by atoms with Crippen molar-refractivity contribution in [2.24, 2.45) is 0 Å². The van der Waals surface area contributed by atoms with Crippen LogP contribution in [0.2, 0.25) is 10.3 Å². The number of carbonyl (C=O) groups excluding carboxylic acids is 1. The highest BCUT2D eigenvalue weighted by molar-refractivity contribution is 6.33. The summed E-state index contributed by atoms with van der Waals surface area (Å²) >= 11 is 11.3. The van der Waals surface area contributed by atoms with E-state index in [2.05, 4.69) is 9.97 Å². The molecule has 15 heavy (non-hydrogen) atoms. The quantitative estimate of drug-likeness (QED) is 0.609. The van der Waals surface area contributed by atoms with Gasteiger partial charge < -0.3 is 4.74 Å². The van der Waals surface area contributed by atoms with Crippen LogP contribution in [0.1, 0.15) is 19.7 Å². The lowest BCUT2D eigenvalue weighted by atomic mass is 10.4. The fourth-order valence-electron chi connectivity index (χ4n) is 0.947. The molecule has 0 atom stereocenters. The van der Waals surface area contributed by atoms with Crippen LogP contribution in [-0.2, 0) is 16.0 Å². The maximum atomic E-state index is 11.3. The van der Waals surface area contributed by atoms with Crippen molar-refractivity contribution in [3.63, 3.8) is 0 Å². The topological polar surface area (TPSA) is 52.1 Å². The lowest BCUT2D eigenvalue weighted by Gasteiger charge is -2.07. The van der Waals surface area contributed by atoms with Crippen molar-refractivity contribution in [1.29, 1.82) is 0 Å². The van der Waals surface area contributed by atoms with Crippen LogP contribution < -0.4 is 0 Å². The number of ether oxygens (including phenoxy) is 1. The van der Waals surface area contributed by atoms with Crippen LogP contribution in [0.5, 0.6) is 0 Å². The van der Waals surface area contributed by atoms with Crippen molar-refractivity contribution in [3.05, 3.63) is 22.2 Å². The molecule has 0 amide bonds. The number of hydrogen-bond acceptors (Lipinski definition) is 4. The van der Waals surface area contributed by atoms with E-state index in [9.17, 15) is 4.79 Å². The molecule has 82 valence electrons. The summed E-state index contributed by atoms with van der Waals surface area (Å²) in [6.45, 7) is 3.54. The number of rotatable bonds is 3. The standard InChI is InChI=1S/C9H10Cl2N2O2/c1-5(2)15-9(14)4-8-12-6(10)3-7(11)13-8/h3,5H,4H2,1-2H3. The van der Waals surface area contributed by atoms with Crippen molar-refractivity contribution >= 4 is 29.2 Å². The predicted octanol–water partition coefficient (Wildman–Crippen LogP) is 2.28. The van der Waals surface area contributed by atoms with Gasteiger partial charge in [0.1, 0.15) is 22.6 Å². The van der Waals surface area contributed by atoms with E-state index < -0.39 is 5.97 Å². The molecule has 1 rings (SSSR count). The molecule has 0 spiro atoms. The van der Waals surface area contributed by atoms with Gasteiger partial charge in [0.2, 0.25) is 0 Å². The molecule has 0 bridgehead atoms. The molecule has 0 saturated heterocycles. The first-order chi connectivity index (χ1) is 6.97. The number of aromatic nitrogens is 2. The van der Waals surface area contributed by atoms with Crippen LogP contribution >= 0.6 is 23.2 Å². The Morgan fingerprint density at radius 3 is 2.40 bits per heavy atom. The Kier molecular flexibility index (Phi) is 4.29. The molecule has 0 saturated carbocycles. The molecule has 6 heteroatoms. The fraction of sp³-hybridized carbons (Fsp3) is 0.444. The first-order valence-electron chi connectivity index (χ1n) is 4.36. The summed E-state index contributed by atoms with van der Waals surface area (Å²) in [4.78, 5) is 19.0. The van der Waals surface area contributed by atoms with Gasteiger partial charge in [-0.2, -0.15) is 0 Å². The highest BCUT2D eigenvalue weighted by atomic mass is 35.5. The largest absolute Gasteiger partial charge is 0.463 e. The highest BCUT2D eigenvalue weighted by Crippen LogP contribution is 2.12. The van der Waals surface area contributed by atoms with Gasteiger partial charge >= 0.3 is 5.97 Å². The fourth-order valence-corrected chi connectivity index (χ4v) is 1.40. The molecule has 0 radical (unpaired) electrons. The second-order valence-corrected chi connectivity index (χ2v) is 3.92. The van der Waals surface area contributed by atoms with Gasteiger partial charge in [-0.25, -0.2) is 9.97 Å². The summed E-state index contributed by atoms with van der Waals surface area (Å²) < 4.78 is 4.93. The molecule has 0 aromatic carbocycles. The van der Waals surface area contributed by atoms with Gasteiger partial charge in [0, 0.05) is 6.07 Å². The molecule has 0 aliphatic heterocycles. The summed E-state index contributed by atoms with van der Waals surface area (Å²) in [6.07, 6.45) is -0.189. The predicted molar refractivity (Wildman–Crippen MR) is 57.0 cm³/mol. The Labute approximate surface area is 97.6 Å². The van der Waals surface area contributed by atoms with Crippen molar-refractivity contribution < 1.29 is 9.53 Å². The van der Waals surface area contributed by atoms with Gasteiger partial charge in [-0.3, -0.25) is 4.79 Å². The van der Waals surface area contributed by atoms with E-state index in [1.807, 2.05) is 0 Å². The Balaban J connectivity index is 2.68. The summed E-state index contributed by atoms with van der Waals surface area (Å²) in [5.74, 6) is -0.138. The van der Waals surface area contributed by atoms with Crippen LogP contribution in [0.15, 0.2) is 6.07 Å². The maximum Gasteiger partial charge on any atom is 0.313 e. The number of carbonyl (C=O) groups is 1. The molecule has 0 aliphatic carbocycles. The minimum atomic E-state index is -0.400. The van der Waals surface area contributed by atoms with Crippen molar-refractivity contribution in [3.8, 4) is 0 Å². The molecular formula is C9H10Cl2N2O2. The van der Waals surface area contributed by atoms with E-state index in [0.29, 0.717) is 0 Å². The third-order valence-corrected chi connectivity index (χ3v) is 1.77. The van der Waals surface area contributed by atoms with Crippen molar-refractivity contribution in [2.45, 2.75) is 26.4 Å². The molecule has 1 heterocycles. The molecule has 0 unspecified atom stereocenters. The number of nitrogens with zero attached hydrogens (tertiary/aromatic N) is 2. The average molecular weight is 249 g/mol. The zero-order valence-corrected chi connectivity index (χ0v) is 9.84. The van der Waals surface area contributed by atoms with E-state index in [-0.39, 0.29) is 28.7 Å². The first-order valence-corrected chi connectivity index (χ1v) is 5.11. The zero-order valence-electron chi connectivity index (χ0n) is 8.33. The van der Waals surface area contributed by atoms with E-state index in [1.54, 1.807) is 13.8 Å². The minimum absolute atomic E-state index is 0.0293. The third-order valence-electron chi connectivity index (χ3n) is 1.38. The lowest BCUT2D eigenvalue weighted by molar-refractivity contribution is -0.146. The average Bonchev–Trinajstić information content (AvgIpc) is 1.98. The van der Waals surface area contributed by atoms with Crippen LogP contribution in [0.4, 0.5) is 0 Å². The maximum absolute atomic E-state index is 11.3. The number of halogens is 2. The summed E-state index contributed by atoms with van der Waals surface area (Å²) in [5.41, 5.74) is 0. The molecule has 4 nitrogen and oxygen atoms in total. The van der Waals surface area contributed by atoms with Crippen LogP contribution in [-0.4, -0.2) is 22.0 Å². The summed E-state index contributed by atoms with van der Waals surface area (Å²) in [7, 11) is 0. The molecule has 1 aromatic rings. The normalized spacial score (nSPS) is 10.5. The van der Waals surface area contributed by atoms with E-state index in [4.69, 9.17) is 27.9 Å². The van der Waals surface area contributed by atoms with Gasteiger partial charge in [-0.1, -0.05) is 23.2 Å². The van der Waals surface area contributed by atoms with E-state index in [0.717, 1.165) is 0 Å². The van der Waals surface area contributed by atoms with Gasteiger partial charge in [0.05, 0.1) is 6.10 Å². The van der Waals surface area contributed by atoms with Crippen LogP contribution in [0.3, 0.4) is 0 Å². The summed E-state index contributed by atoms with van der Waals surface area (Å²) in [6, 6.07) is 1.40. The molecule has 0 aliphatic rings. The minimum Gasteiger partial charge on any atom is -0.463 e. The van der Waals surface area contributed by atoms with Gasteiger partial charge in [0.15, 0.2) is 0 Å². The number of hydrogen-bond donors (Lipinski definition) is 0.